The molecule has 0 radical (unpaired) electrons. The summed E-state index contributed by atoms with van der Waals surface area (Å²) in [5.41, 5.74) is -0.215. The Kier molecular flexibility index (Phi) is 15.6. The summed E-state index contributed by atoms with van der Waals surface area (Å²) in [4.78, 5) is 0. The molecule has 0 N–H and O–H groups in total. The molecule has 0 bridgehead atoms. The Morgan fingerprint density at radius 1 is 0.533 bits per heavy atom. The molecule has 184 valence electrons. The topological polar surface area (TPSA) is 36.9 Å². The van der Waals surface area contributed by atoms with Crippen molar-refractivity contribution in [3.8, 4) is 0 Å². The second-order valence-electron chi connectivity index (χ2n) is 10.3. The molecular formula is C24H56O4Si2. The van der Waals surface area contributed by atoms with Gasteiger partial charge in [0.2, 0.25) is 0 Å². The summed E-state index contributed by atoms with van der Waals surface area (Å²) >= 11 is 0. The van der Waals surface area contributed by atoms with Crippen LogP contribution in [0.2, 0.25) is 24.2 Å². The predicted molar refractivity (Wildman–Crippen MR) is 137 cm³/mol. The summed E-state index contributed by atoms with van der Waals surface area (Å²) < 4.78 is 24.8. The van der Waals surface area contributed by atoms with Gasteiger partial charge in [0, 0.05) is 12.2 Å². The van der Waals surface area contributed by atoms with Crippen LogP contribution in [0.4, 0.5) is 0 Å². The lowest BCUT2D eigenvalue weighted by atomic mass is 10.2. The maximum absolute atomic E-state index is 6.22. The highest BCUT2D eigenvalue weighted by molar-refractivity contribution is 6.67. The number of hydrogen-bond acceptors (Lipinski definition) is 4. The van der Waals surface area contributed by atoms with E-state index >= 15 is 0 Å². The van der Waals surface area contributed by atoms with Crippen molar-refractivity contribution in [2.75, 3.05) is 0 Å². The van der Waals surface area contributed by atoms with E-state index < -0.39 is 17.1 Å². The Labute approximate surface area is 192 Å². The van der Waals surface area contributed by atoms with E-state index in [2.05, 4.69) is 96.9 Å². The minimum atomic E-state index is -2.01. The molecule has 30 heavy (non-hydrogen) atoms. The average Bonchev–Trinajstić information content (AvgIpc) is 2.64. The van der Waals surface area contributed by atoms with Gasteiger partial charge in [0.15, 0.2) is 0 Å². The van der Waals surface area contributed by atoms with Crippen LogP contribution < -0.4 is 0 Å². The molecule has 0 aromatic heterocycles. The quantitative estimate of drug-likeness (QED) is 0.273. The lowest BCUT2D eigenvalue weighted by molar-refractivity contribution is 0.0150. The minimum absolute atomic E-state index is 0.108. The molecule has 0 saturated heterocycles. The van der Waals surface area contributed by atoms with Gasteiger partial charge < -0.3 is 17.7 Å². The van der Waals surface area contributed by atoms with Crippen LogP contribution >= 0.6 is 0 Å². The SMILES string of the molecule is CCC(C)O[Si](CC)(CC)OC(C)CC.CC[Si](CC)(OC(C)(C)C)OC(C)(C)C. The molecule has 0 heterocycles. The zero-order valence-corrected chi connectivity index (χ0v) is 25.0. The van der Waals surface area contributed by atoms with E-state index in [9.17, 15) is 0 Å². The van der Waals surface area contributed by atoms with Crippen molar-refractivity contribution in [2.45, 2.75) is 157 Å². The molecule has 2 atom stereocenters. The molecule has 0 amide bonds. The molecule has 0 aliphatic rings. The van der Waals surface area contributed by atoms with Crippen LogP contribution in [0.1, 0.15) is 110 Å². The molecule has 0 fully saturated rings. The van der Waals surface area contributed by atoms with Gasteiger partial charge in [-0.25, -0.2) is 0 Å². The largest absolute Gasteiger partial charge is 0.391 e. The zero-order chi connectivity index (χ0) is 24.2. The Morgan fingerprint density at radius 3 is 0.967 bits per heavy atom. The van der Waals surface area contributed by atoms with Gasteiger partial charge >= 0.3 is 17.1 Å². The monoisotopic (exact) mass is 464 g/mol. The highest BCUT2D eigenvalue weighted by atomic mass is 28.4. The Morgan fingerprint density at radius 2 is 0.800 bits per heavy atom. The highest BCUT2D eigenvalue weighted by Crippen LogP contribution is 2.29. The van der Waals surface area contributed by atoms with Crippen molar-refractivity contribution in [2.24, 2.45) is 0 Å². The molecule has 0 aromatic rings. The van der Waals surface area contributed by atoms with Crippen molar-refractivity contribution in [3.05, 3.63) is 0 Å². The van der Waals surface area contributed by atoms with Gasteiger partial charge in [-0.2, -0.15) is 0 Å². The van der Waals surface area contributed by atoms with Crippen LogP contribution in [-0.2, 0) is 17.7 Å². The Balaban J connectivity index is 0. The van der Waals surface area contributed by atoms with Gasteiger partial charge in [-0.3, -0.25) is 0 Å². The zero-order valence-electron chi connectivity index (χ0n) is 23.0. The van der Waals surface area contributed by atoms with Gasteiger partial charge in [0.1, 0.15) is 0 Å². The molecule has 2 unspecified atom stereocenters. The smallest absolute Gasteiger partial charge is 0.338 e. The molecule has 0 aromatic carbocycles. The predicted octanol–water partition coefficient (Wildman–Crippen LogP) is 8.20. The molecular weight excluding hydrogens is 408 g/mol. The highest BCUT2D eigenvalue weighted by Gasteiger charge is 2.41. The van der Waals surface area contributed by atoms with Gasteiger partial charge in [-0.15, -0.1) is 0 Å². The Hall–Kier alpha value is 0.274. The second-order valence-corrected chi connectivity index (χ2v) is 17.7. The second kappa shape index (κ2) is 14.4. The molecule has 4 nitrogen and oxygen atoms in total. The maximum atomic E-state index is 6.22. The molecule has 0 saturated carbocycles. The lowest BCUT2D eigenvalue weighted by Crippen LogP contribution is -2.50. The number of hydrogen-bond donors (Lipinski definition) is 0. The van der Waals surface area contributed by atoms with E-state index in [1.54, 1.807) is 0 Å². The van der Waals surface area contributed by atoms with E-state index in [1.165, 1.54) is 0 Å². The van der Waals surface area contributed by atoms with Crippen LogP contribution in [0, 0.1) is 0 Å². The fraction of sp³-hybridized carbons (Fsp3) is 1.00. The summed E-state index contributed by atoms with van der Waals surface area (Å²) in [6.07, 6.45) is 2.80. The van der Waals surface area contributed by atoms with E-state index in [4.69, 9.17) is 17.7 Å². The maximum Gasteiger partial charge on any atom is 0.338 e. The first-order valence-electron chi connectivity index (χ1n) is 12.3. The van der Waals surface area contributed by atoms with Crippen LogP contribution in [0.15, 0.2) is 0 Å². The molecule has 0 aliphatic heterocycles. The van der Waals surface area contributed by atoms with Crippen LogP contribution in [0.25, 0.3) is 0 Å². The third kappa shape index (κ3) is 14.4. The summed E-state index contributed by atoms with van der Waals surface area (Å²) in [7, 11) is -3.93. The first-order valence-corrected chi connectivity index (χ1v) is 16.8. The van der Waals surface area contributed by atoms with Crippen LogP contribution in [0.5, 0.6) is 0 Å². The fourth-order valence-electron chi connectivity index (χ4n) is 3.19. The number of rotatable bonds is 12. The van der Waals surface area contributed by atoms with Crippen molar-refractivity contribution in [1.82, 2.24) is 0 Å². The average molecular weight is 465 g/mol. The third-order valence-electron chi connectivity index (χ3n) is 5.12. The van der Waals surface area contributed by atoms with E-state index in [1.807, 2.05) is 0 Å². The van der Waals surface area contributed by atoms with Crippen molar-refractivity contribution in [1.29, 1.82) is 0 Å². The summed E-state index contributed by atoms with van der Waals surface area (Å²) in [6.45, 7) is 30.0. The van der Waals surface area contributed by atoms with Gasteiger partial charge in [-0.1, -0.05) is 41.5 Å². The molecule has 6 heteroatoms. The van der Waals surface area contributed by atoms with Crippen molar-refractivity contribution in [3.63, 3.8) is 0 Å². The van der Waals surface area contributed by atoms with E-state index in [0.717, 1.165) is 37.0 Å². The first kappa shape index (κ1) is 32.5. The third-order valence-corrected chi connectivity index (χ3v) is 13.1. The summed E-state index contributed by atoms with van der Waals surface area (Å²) in [5, 5.41) is 0. The molecule has 0 spiro atoms. The standard InChI is InChI=1S/2C12H28O2Si/c1-9-15(10-2,13-11(3,4)5)14-12(6,7)8;1-7-11(5)13-15(9-3,10-4)14-12(6)8-2/h9-10H2,1-8H3;11-12H,7-10H2,1-6H3. The molecule has 0 rings (SSSR count). The summed E-state index contributed by atoms with van der Waals surface area (Å²) in [5.74, 6) is 0. The van der Waals surface area contributed by atoms with E-state index in [0.29, 0.717) is 12.2 Å². The van der Waals surface area contributed by atoms with Gasteiger partial charge in [0.05, 0.1) is 11.2 Å². The Bertz CT molecular complexity index is 390. The van der Waals surface area contributed by atoms with Crippen LogP contribution in [-0.4, -0.2) is 40.5 Å². The minimum Gasteiger partial charge on any atom is -0.391 e. The van der Waals surface area contributed by atoms with Gasteiger partial charge in [0.25, 0.3) is 0 Å². The van der Waals surface area contributed by atoms with Gasteiger partial charge in [-0.05, 0) is 92.4 Å². The first-order chi connectivity index (χ1) is 13.6. The lowest BCUT2D eigenvalue weighted by Gasteiger charge is -2.40. The normalized spacial score (nSPS) is 15.4. The van der Waals surface area contributed by atoms with Crippen molar-refractivity contribution < 1.29 is 17.7 Å². The van der Waals surface area contributed by atoms with E-state index in [-0.39, 0.29) is 11.2 Å². The summed E-state index contributed by atoms with van der Waals surface area (Å²) in [6, 6.07) is 4.13. The van der Waals surface area contributed by atoms with Crippen LogP contribution in [0.3, 0.4) is 0 Å². The fourth-order valence-corrected chi connectivity index (χ4v) is 9.56. The van der Waals surface area contributed by atoms with Crippen molar-refractivity contribution >= 4 is 17.1 Å². The molecule has 0 aliphatic carbocycles.